The summed E-state index contributed by atoms with van der Waals surface area (Å²) < 4.78 is 34.2. The van der Waals surface area contributed by atoms with E-state index in [9.17, 15) is 4.79 Å². The molecule has 3 aliphatic rings. The molecule has 2 aromatic heterocycles. The molecule has 13 nitrogen and oxygen atoms in total. The number of methoxy groups -OCH3 is 2. The Labute approximate surface area is 262 Å². The average molecular weight is 645 g/mol. The molecule has 1 atom stereocenters. The first-order chi connectivity index (χ1) is 21.5. The normalized spacial score (nSPS) is 18.6. The van der Waals surface area contributed by atoms with E-state index in [1.54, 1.807) is 14.2 Å². The standard InChI is InChI=1S/C17H21N3O5S.C12H15N3O2S/c1-22-13-3-2-12(20-5-8-23-9-6-20)15-14(13)18-16(26-15)19-17(21)25-11-4-7-24-10-11;1-16-9-3-2-8(15-4-6-17-7-5-15)11-10(9)14-12(13)18-11/h2-3,11H,4-10H2,1H3,(H,18,19,21);2-3H,4-7H2,1H3,(H2,13,14)/t11-;/m1./s1. The molecule has 1 amide bonds. The molecule has 15 heteroatoms. The van der Waals surface area contributed by atoms with Gasteiger partial charge in [-0.3, -0.25) is 5.32 Å². The number of anilines is 4. The van der Waals surface area contributed by atoms with Crippen molar-refractivity contribution in [3.63, 3.8) is 0 Å². The van der Waals surface area contributed by atoms with Crippen molar-refractivity contribution in [1.29, 1.82) is 0 Å². The quantitative estimate of drug-likeness (QED) is 0.311. The first-order valence-electron chi connectivity index (χ1n) is 14.5. The Morgan fingerprint density at radius 1 is 0.841 bits per heavy atom. The molecule has 3 fully saturated rings. The van der Waals surface area contributed by atoms with Crippen LogP contribution in [-0.2, 0) is 18.9 Å². The number of benzene rings is 2. The number of amides is 1. The molecule has 2 aromatic carbocycles. The molecule has 4 aromatic rings. The van der Waals surface area contributed by atoms with Crippen LogP contribution < -0.4 is 30.3 Å². The number of ether oxygens (including phenoxy) is 6. The molecule has 3 aliphatic heterocycles. The van der Waals surface area contributed by atoms with E-state index in [4.69, 9.17) is 34.2 Å². The highest BCUT2D eigenvalue weighted by molar-refractivity contribution is 7.23. The van der Waals surface area contributed by atoms with Gasteiger partial charge in [-0.2, -0.15) is 0 Å². The lowest BCUT2D eigenvalue weighted by Gasteiger charge is -2.29. The number of nitrogen functional groups attached to an aromatic ring is 1. The van der Waals surface area contributed by atoms with Crippen molar-refractivity contribution in [2.75, 3.05) is 101 Å². The number of rotatable bonds is 6. The molecule has 5 heterocycles. The minimum absolute atomic E-state index is 0.192. The van der Waals surface area contributed by atoms with E-state index in [0.717, 1.165) is 77.7 Å². The van der Waals surface area contributed by atoms with Crippen LogP contribution in [0, 0.1) is 0 Å². The third-order valence-corrected chi connectivity index (χ3v) is 9.40. The van der Waals surface area contributed by atoms with Crippen LogP contribution >= 0.6 is 22.7 Å². The summed E-state index contributed by atoms with van der Waals surface area (Å²) >= 11 is 2.92. The molecule has 3 N–H and O–H groups in total. The van der Waals surface area contributed by atoms with Gasteiger partial charge >= 0.3 is 6.09 Å². The number of fused-ring (bicyclic) bond motifs is 2. The Morgan fingerprint density at radius 3 is 1.95 bits per heavy atom. The molecule has 44 heavy (non-hydrogen) atoms. The van der Waals surface area contributed by atoms with Crippen LogP contribution in [0.15, 0.2) is 24.3 Å². The van der Waals surface area contributed by atoms with E-state index in [-0.39, 0.29) is 6.10 Å². The van der Waals surface area contributed by atoms with E-state index >= 15 is 0 Å². The second-order valence-electron chi connectivity index (χ2n) is 10.2. The number of hydrogen-bond donors (Lipinski definition) is 2. The molecule has 0 bridgehead atoms. The van der Waals surface area contributed by atoms with E-state index in [0.29, 0.717) is 42.4 Å². The zero-order valence-corrected chi connectivity index (χ0v) is 26.3. The number of thiazole rings is 2. The Morgan fingerprint density at radius 2 is 1.41 bits per heavy atom. The fourth-order valence-electron chi connectivity index (χ4n) is 5.32. The lowest BCUT2D eigenvalue weighted by Crippen LogP contribution is -2.36. The molecule has 3 saturated heterocycles. The number of nitrogens with two attached hydrogens (primary N) is 1. The van der Waals surface area contributed by atoms with E-state index in [1.165, 1.54) is 28.4 Å². The molecule has 7 rings (SSSR count). The average Bonchev–Trinajstić information content (AvgIpc) is 3.81. The lowest BCUT2D eigenvalue weighted by atomic mass is 10.2. The third-order valence-electron chi connectivity index (χ3n) is 7.50. The molecule has 0 spiro atoms. The Kier molecular flexibility index (Phi) is 9.66. The van der Waals surface area contributed by atoms with Crippen molar-refractivity contribution in [2.45, 2.75) is 12.5 Å². The fourth-order valence-corrected chi connectivity index (χ4v) is 7.22. The third kappa shape index (κ3) is 6.71. The van der Waals surface area contributed by atoms with Crippen molar-refractivity contribution < 1.29 is 33.2 Å². The van der Waals surface area contributed by atoms with Gasteiger partial charge in [-0.15, -0.1) is 0 Å². The number of morpholine rings is 2. The molecular weight excluding hydrogens is 608 g/mol. The summed E-state index contributed by atoms with van der Waals surface area (Å²) in [5, 5.41) is 3.79. The first kappa shape index (κ1) is 30.4. The van der Waals surface area contributed by atoms with Crippen LogP contribution in [0.4, 0.5) is 26.4 Å². The highest BCUT2D eigenvalue weighted by Crippen LogP contribution is 2.40. The van der Waals surface area contributed by atoms with Gasteiger partial charge < -0.3 is 44.0 Å². The minimum atomic E-state index is -0.508. The summed E-state index contributed by atoms with van der Waals surface area (Å²) in [6.45, 7) is 7.46. The zero-order chi connectivity index (χ0) is 30.5. The van der Waals surface area contributed by atoms with Gasteiger partial charge in [0.2, 0.25) is 0 Å². The van der Waals surface area contributed by atoms with E-state index < -0.39 is 6.09 Å². The number of carbonyl (C=O) groups is 1. The summed E-state index contributed by atoms with van der Waals surface area (Å²) in [5.74, 6) is 1.45. The number of nitrogens with zero attached hydrogens (tertiary/aromatic N) is 4. The molecule has 0 radical (unpaired) electrons. The van der Waals surface area contributed by atoms with Crippen LogP contribution in [-0.4, -0.2) is 102 Å². The monoisotopic (exact) mass is 644 g/mol. The van der Waals surface area contributed by atoms with E-state index in [2.05, 4.69) is 31.2 Å². The predicted molar refractivity (Wildman–Crippen MR) is 172 cm³/mol. The second kappa shape index (κ2) is 14.0. The molecular formula is C29H36N6O7S2. The zero-order valence-electron chi connectivity index (χ0n) is 24.7. The maximum Gasteiger partial charge on any atom is 0.413 e. The van der Waals surface area contributed by atoms with Gasteiger partial charge in [-0.05, 0) is 24.3 Å². The van der Waals surface area contributed by atoms with Crippen molar-refractivity contribution in [1.82, 2.24) is 9.97 Å². The SMILES string of the molecule is COc1ccc(N2CCOCC2)c2sc(N)nc12.COc1ccc(N2CCOCC2)c2sc(NC(=O)O[C@@H]3CCOC3)nc12. The number of aromatic nitrogens is 2. The lowest BCUT2D eigenvalue weighted by molar-refractivity contribution is 0.0932. The highest BCUT2D eigenvalue weighted by Gasteiger charge is 2.23. The van der Waals surface area contributed by atoms with Crippen LogP contribution in [0.5, 0.6) is 11.5 Å². The summed E-state index contributed by atoms with van der Waals surface area (Å²) in [5.41, 5.74) is 9.66. The van der Waals surface area contributed by atoms with Gasteiger partial charge in [0.1, 0.15) is 28.6 Å². The minimum Gasteiger partial charge on any atom is -0.494 e. The largest absolute Gasteiger partial charge is 0.494 e. The molecule has 0 unspecified atom stereocenters. The van der Waals surface area contributed by atoms with Crippen LogP contribution in [0.2, 0.25) is 0 Å². The van der Waals surface area contributed by atoms with Crippen LogP contribution in [0.1, 0.15) is 6.42 Å². The smallest absolute Gasteiger partial charge is 0.413 e. The summed E-state index contributed by atoms with van der Waals surface area (Å²) in [7, 11) is 3.27. The maximum absolute atomic E-state index is 12.1. The molecule has 0 saturated carbocycles. The Hall–Kier alpha value is -3.63. The number of hydrogen-bond acceptors (Lipinski definition) is 14. The van der Waals surface area contributed by atoms with Gasteiger partial charge in [0.25, 0.3) is 0 Å². The molecule has 0 aliphatic carbocycles. The summed E-state index contributed by atoms with van der Waals surface area (Å²) in [6, 6.07) is 7.96. The van der Waals surface area contributed by atoms with Crippen LogP contribution in [0.25, 0.3) is 20.4 Å². The predicted octanol–water partition coefficient (Wildman–Crippen LogP) is 4.20. The van der Waals surface area contributed by atoms with E-state index in [1.807, 2.05) is 18.2 Å². The summed E-state index contributed by atoms with van der Waals surface area (Å²) in [6.07, 6.45) is 0.0247. The second-order valence-corrected chi connectivity index (χ2v) is 12.2. The first-order valence-corrected chi connectivity index (χ1v) is 16.1. The number of nitrogens with one attached hydrogen (secondary N) is 1. The maximum atomic E-state index is 12.1. The van der Waals surface area contributed by atoms with Crippen molar-refractivity contribution in [2.24, 2.45) is 0 Å². The van der Waals surface area contributed by atoms with Gasteiger partial charge in [0.05, 0.1) is 74.6 Å². The number of carbonyl (C=O) groups excluding carboxylic acids is 1. The fraction of sp³-hybridized carbons (Fsp3) is 0.483. The Balaban J connectivity index is 0.000000167. The Bertz CT molecular complexity index is 1580. The van der Waals surface area contributed by atoms with Gasteiger partial charge in [-0.1, -0.05) is 22.7 Å². The van der Waals surface area contributed by atoms with Gasteiger partial charge in [0.15, 0.2) is 10.3 Å². The van der Waals surface area contributed by atoms with Crippen molar-refractivity contribution in [3.8, 4) is 11.5 Å². The van der Waals surface area contributed by atoms with Gasteiger partial charge in [0, 0.05) is 32.6 Å². The molecule has 236 valence electrons. The van der Waals surface area contributed by atoms with Crippen LogP contribution in [0.3, 0.4) is 0 Å². The highest BCUT2D eigenvalue weighted by atomic mass is 32.1. The topological polar surface area (TPSA) is 143 Å². The van der Waals surface area contributed by atoms with Crippen molar-refractivity contribution in [3.05, 3.63) is 24.3 Å². The van der Waals surface area contributed by atoms with Gasteiger partial charge in [-0.25, -0.2) is 14.8 Å². The van der Waals surface area contributed by atoms with Crippen molar-refractivity contribution >= 4 is 70.8 Å². The summed E-state index contributed by atoms with van der Waals surface area (Å²) in [4.78, 5) is 25.6.